The largest absolute Gasteiger partial charge is 0.480 e. The molecular formula is C15H19Cl2NO2. The van der Waals surface area contributed by atoms with Gasteiger partial charge < -0.3 is 5.11 Å². The number of carbonyl (C=O) groups is 1. The number of halogens is 2. The Kier molecular flexibility index (Phi) is 4.95. The predicted octanol–water partition coefficient (Wildman–Crippen LogP) is 4.17. The SMILES string of the molecule is CC(C(=O)O)(c1cccc(Cl)c1Cl)N1CCCCCC1. The second-order valence-electron chi connectivity index (χ2n) is 5.38. The molecule has 2 rings (SSSR count). The van der Waals surface area contributed by atoms with E-state index < -0.39 is 11.5 Å². The van der Waals surface area contributed by atoms with E-state index in [1.165, 1.54) is 0 Å². The highest BCUT2D eigenvalue weighted by molar-refractivity contribution is 6.42. The average molecular weight is 316 g/mol. The molecule has 1 aliphatic heterocycles. The molecule has 1 atom stereocenters. The summed E-state index contributed by atoms with van der Waals surface area (Å²) < 4.78 is 0. The number of benzene rings is 1. The molecule has 1 saturated heterocycles. The van der Waals surface area contributed by atoms with Gasteiger partial charge in [-0.3, -0.25) is 4.90 Å². The van der Waals surface area contributed by atoms with Crippen molar-refractivity contribution in [2.45, 2.75) is 38.1 Å². The van der Waals surface area contributed by atoms with Crippen molar-refractivity contribution >= 4 is 29.2 Å². The first kappa shape index (κ1) is 15.6. The van der Waals surface area contributed by atoms with Crippen molar-refractivity contribution in [3.8, 4) is 0 Å². The maximum Gasteiger partial charge on any atom is 0.328 e. The van der Waals surface area contributed by atoms with Gasteiger partial charge in [-0.2, -0.15) is 0 Å². The highest BCUT2D eigenvalue weighted by Crippen LogP contribution is 2.38. The van der Waals surface area contributed by atoms with Gasteiger partial charge in [0.15, 0.2) is 0 Å². The van der Waals surface area contributed by atoms with Gasteiger partial charge in [0, 0.05) is 5.56 Å². The normalized spacial score (nSPS) is 20.1. The number of hydrogen-bond donors (Lipinski definition) is 1. The van der Waals surface area contributed by atoms with E-state index in [0.717, 1.165) is 38.8 Å². The predicted molar refractivity (Wildman–Crippen MR) is 81.5 cm³/mol. The van der Waals surface area contributed by atoms with Gasteiger partial charge in [-0.05, 0) is 38.9 Å². The Morgan fingerprint density at radius 1 is 1.20 bits per heavy atom. The van der Waals surface area contributed by atoms with Crippen molar-refractivity contribution in [2.75, 3.05) is 13.1 Å². The summed E-state index contributed by atoms with van der Waals surface area (Å²) in [4.78, 5) is 14.0. The van der Waals surface area contributed by atoms with E-state index in [1.807, 2.05) is 4.90 Å². The molecule has 1 heterocycles. The first-order chi connectivity index (χ1) is 9.48. The van der Waals surface area contributed by atoms with Crippen molar-refractivity contribution in [2.24, 2.45) is 0 Å². The zero-order valence-corrected chi connectivity index (χ0v) is 13.0. The van der Waals surface area contributed by atoms with Gasteiger partial charge in [0.2, 0.25) is 0 Å². The Morgan fingerprint density at radius 3 is 2.35 bits per heavy atom. The molecule has 3 nitrogen and oxygen atoms in total. The fraction of sp³-hybridized carbons (Fsp3) is 0.533. The summed E-state index contributed by atoms with van der Waals surface area (Å²) in [6.45, 7) is 3.26. The molecule has 0 radical (unpaired) electrons. The van der Waals surface area contributed by atoms with Crippen LogP contribution in [-0.2, 0) is 10.3 Å². The van der Waals surface area contributed by atoms with Gasteiger partial charge in [-0.25, -0.2) is 4.79 Å². The topological polar surface area (TPSA) is 40.5 Å². The van der Waals surface area contributed by atoms with Crippen molar-refractivity contribution in [1.29, 1.82) is 0 Å². The van der Waals surface area contributed by atoms with Crippen molar-refractivity contribution in [1.82, 2.24) is 4.90 Å². The van der Waals surface area contributed by atoms with E-state index in [-0.39, 0.29) is 0 Å². The van der Waals surface area contributed by atoms with Crippen molar-refractivity contribution in [3.05, 3.63) is 33.8 Å². The molecule has 0 saturated carbocycles. The molecule has 1 N–H and O–H groups in total. The number of hydrogen-bond acceptors (Lipinski definition) is 2. The second-order valence-corrected chi connectivity index (χ2v) is 6.17. The van der Waals surface area contributed by atoms with Gasteiger partial charge in [-0.15, -0.1) is 0 Å². The summed E-state index contributed by atoms with van der Waals surface area (Å²) in [5.41, 5.74) is -0.562. The number of likely N-dealkylation sites (tertiary alicyclic amines) is 1. The molecule has 1 aromatic rings. The number of rotatable bonds is 3. The van der Waals surface area contributed by atoms with Crippen LogP contribution in [-0.4, -0.2) is 29.1 Å². The fourth-order valence-electron chi connectivity index (χ4n) is 2.82. The Labute approximate surface area is 129 Å². The summed E-state index contributed by atoms with van der Waals surface area (Å²) >= 11 is 12.3. The minimum absolute atomic E-state index is 0.336. The van der Waals surface area contributed by atoms with E-state index in [4.69, 9.17) is 23.2 Å². The summed E-state index contributed by atoms with van der Waals surface area (Å²) in [6.07, 6.45) is 4.33. The minimum Gasteiger partial charge on any atom is -0.480 e. The standard InChI is InChI=1S/C15H19Cl2NO2/c1-15(14(19)20,18-9-4-2-3-5-10-18)11-7-6-8-12(16)13(11)17/h6-8H,2-5,9-10H2,1H3,(H,19,20). The van der Waals surface area contributed by atoms with Crippen LogP contribution in [0.5, 0.6) is 0 Å². The molecule has 0 spiro atoms. The Bertz CT molecular complexity index is 499. The van der Waals surface area contributed by atoms with Gasteiger partial charge in [0.1, 0.15) is 5.54 Å². The van der Waals surface area contributed by atoms with E-state index in [2.05, 4.69) is 0 Å². The quantitative estimate of drug-likeness (QED) is 0.910. The van der Waals surface area contributed by atoms with Crippen LogP contribution in [0.25, 0.3) is 0 Å². The summed E-state index contributed by atoms with van der Waals surface area (Å²) in [5.74, 6) is -0.886. The number of aliphatic carboxylic acids is 1. The first-order valence-corrected chi connectivity index (χ1v) is 7.66. The molecule has 0 aliphatic carbocycles. The molecule has 0 bridgehead atoms. The van der Waals surface area contributed by atoms with Crippen LogP contribution >= 0.6 is 23.2 Å². The monoisotopic (exact) mass is 315 g/mol. The van der Waals surface area contributed by atoms with E-state index in [9.17, 15) is 9.90 Å². The van der Waals surface area contributed by atoms with Crippen LogP contribution in [0.3, 0.4) is 0 Å². The molecule has 1 fully saturated rings. The molecule has 5 heteroatoms. The van der Waals surface area contributed by atoms with Crippen LogP contribution < -0.4 is 0 Å². The Morgan fingerprint density at radius 2 is 1.80 bits per heavy atom. The second kappa shape index (κ2) is 6.33. The van der Waals surface area contributed by atoms with Gasteiger partial charge >= 0.3 is 5.97 Å². The first-order valence-electron chi connectivity index (χ1n) is 6.91. The summed E-state index contributed by atoms with van der Waals surface area (Å²) in [7, 11) is 0. The zero-order valence-electron chi connectivity index (χ0n) is 11.5. The lowest BCUT2D eigenvalue weighted by molar-refractivity contribution is -0.151. The molecule has 110 valence electrons. The zero-order chi connectivity index (χ0) is 14.8. The fourth-order valence-corrected chi connectivity index (χ4v) is 3.30. The third-order valence-electron chi connectivity index (χ3n) is 4.13. The Balaban J connectivity index is 2.48. The average Bonchev–Trinajstić information content (AvgIpc) is 2.70. The lowest BCUT2D eigenvalue weighted by Crippen LogP contribution is -2.50. The molecule has 1 aromatic carbocycles. The maximum absolute atomic E-state index is 12.0. The van der Waals surface area contributed by atoms with Crippen molar-refractivity contribution in [3.63, 3.8) is 0 Å². The summed E-state index contributed by atoms with van der Waals surface area (Å²) in [6, 6.07) is 5.19. The van der Waals surface area contributed by atoms with Crippen LogP contribution in [0.4, 0.5) is 0 Å². The highest BCUT2D eigenvalue weighted by Gasteiger charge is 2.43. The minimum atomic E-state index is -1.13. The smallest absolute Gasteiger partial charge is 0.328 e. The number of nitrogens with zero attached hydrogens (tertiary/aromatic N) is 1. The number of carboxylic acids is 1. The van der Waals surface area contributed by atoms with E-state index in [1.54, 1.807) is 25.1 Å². The lowest BCUT2D eigenvalue weighted by Gasteiger charge is -2.38. The molecule has 1 unspecified atom stereocenters. The summed E-state index contributed by atoms with van der Waals surface area (Å²) in [5, 5.41) is 10.5. The lowest BCUT2D eigenvalue weighted by atomic mass is 9.89. The molecular weight excluding hydrogens is 297 g/mol. The van der Waals surface area contributed by atoms with Gasteiger partial charge in [-0.1, -0.05) is 48.2 Å². The van der Waals surface area contributed by atoms with Crippen LogP contribution in [0, 0.1) is 0 Å². The van der Waals surface area contributed by atoms with Gasteiger partial charge in [0.05, 0.1) is 10.0 Å². The molecule has 20 heavy (non-hydrogen) atoms. The third-order valence-corrected chi connectivity index (χ3v) is 4.95. The molecule has 1 aliphatic rings. The van der Waals surface area contributed by atoms with Crippen LogP contribution in [0.1, 0.15) is 38.2 Å². The van der Waals surface area contributed by atoms with E-state index >= 15 is 0 Å². The maximum atomic E-state index is 12.0. The highest BCUT2D eigenvalue weighted by atomic mass is 35.5. The third kappa shape index (κ3) is 2.80. The van der Waals surface area contributed by atoms with Crippen LogP contribution in [0.15, 0.2) is 18.2 Å². The van der Waals surface area contributed by atoms with Crippen LogP contribution in [0.2, 0.25) is 10.0 Å². The molecule has 0 amide bonds. The van der Waals surface area contributed by atoms with Crippen molar-refractivity contribution < 1.29 is 9.90 Å². The molecule has 0 aromatic heterocycles. The Hall–Kier alpha value is -0.770. The van der Waals surface area contributed by atoms with E-state index in [0.29, 0.717) is 15.6 Å². The van der Waals surface area contributed by atoms with Gasteiger partial charge in [0.25, 0.3) is 0 Å². The number of carboxylic acid groups (broad SMARTS) is 1.